The standard InChI is InChI=1S/C14H22N2S/c1-10-6-5-7-12(11(10)2)14(16-15)13-8-3-4-9-17-13/h5-7,13-14,16H,3-4,8-9,15H2,1-2H3. The number of hydrazine groups is 1. The van der Waals surface area contributed by atoms with Crippen LogP contribution in [0.15, 0.2) is 18.2 Å². The van der Waals surface area contributed by atoms with Gasteiger partial charge in [0.1, 0.15) is 0 Å². The van der Waals surface area contributed by atoms with Crippen molar-refractivity contribution in [2.24, 2.45) is 5.84 Å². The van der Waals surface area contributed by atoms with E-state index >= 15 is 0 Å². The normalized spacial score (nSPS) is 22.4. The van der Waals surface area contributed by atoms with Crippen molar-refractivity contribution in [3.8, 4) is 0 Å². The van der Waals surface area contributed by atoms with Gasteiger partial charge in [-0.25, -0.2) is 0 Å². The second kappa shape index (κ2) is 5.89. The van der Waals surface area contributed by atoms with Crippen LogP contribution in [0.3, 0.4) is 0 Å². The maximum absolute atomic E-state index is 5.79. The Bertz CT molecular complexity index is 372. The van der Waals surface area contributed by atoms with Gasteiger partial charge in [-0.2, -0.15) is 11.8 Å². The third-order valence-electron chi connectivity index (χ3n) is 3.75. The molecule has 1 heterocycles. The minimum absolute atomic E-state index is 0.292. The van der Waals surface area contributed by atoms with Crippen LogP contribution in [-0.4, -0.2) is 11.0 Å². The van der Waals surface area contributed by atoms with Crippen molar-refractivity contribution in [3.05, 3.63) is 34.9 Å². The maximum atomic E-state index is 5.79. The Morgan fingerprint density at radius 3 is 2.82 bits per heavy atom. The molecule has 1 aromatic carbocycles. The quantitative estimate of drug-likeness (QED) is 0.639. The maximum Gasteiger partial charge on any atom is 0.0581 e. The number of benzene rings is 1. The Balaban J connectivity index is 2.24. The van der Waals surface area contributed by atoms with E-state index in [4.69, 9.17) is 5.84 Å². The number of nitrogens with one attached hydrogen (secondary N) is 1. The molecular weight excluding hydrogens is 228 g/mol. The zero-order chi connectivity index (χ0) is 12.3. The van der Waals surface area contributed by atoms with E-state index in [9.17, 15) is 0 Å². The van der Waals surface area contributed by atoms with Crippen LogP contribution in [0, 0.1) is 13.8 Å². The van der Waals surface area contributed by atoms with Gasteiger partial charge in [0.05, 0.1) is 6.04 Å². The summed E-state index contributed by atoms with van der Waals surface area (Å²) < 4.78 is 0. The first-order valence-electron chi connectivity index (χ1n) is 6.38. The van der Waals surface area contributed by atoms with Crippen molar-refractivity contribution in [2.45, 2.75) is 44.4 Å². The van der Waals surface area contributed by atoms with Crippen LogP contribution in [0.25, 0.3) is 0 Å². The van der Waals surface area contributed by atoms with Gasteiger partial charge in [0.15, 0.2) is 0 Å². The van der Waals surface area contributed by atoms with E-state index in [1.165, 1.54) is 41.7 Å². The summed E-state index contributed by atoms with van der Waals surface area (Å²) in [6.07, 6.45) is 3.96. The largest absolute Gasteiger partial charge is 0.271 e. The zero-order valence-electron chi connectivity index (χ0n) is 10.7. The first-order chi connectivity index (χ1) is 8.24. The molecule has 0 bridgehead atoms. The molecule has 0 amide bonds. The molecule has 1 aromatic rings. The second-order valence-corrected chi connectivity index (χ2v) is 6.19. The molecule has 0 radical (unpaired) electrons. The Hall–Kier alpha value is -0.510. The van der Waals surface area contributed by atoms with Crippen LogP contribution in [0.4, 0.5) is 0 Å². The van der Waals surface area contributed by atoms with Crippen molar-refractivity contribution < 1.29 is 0 Å². The molecule has 1 fully saturated rings. The van der Waals surface area contributed by atoms with Gasteiger partial charge in [-0.05, 0) is 49.1 Å². The smallest absolute Gasteiger partial charge is 0.0581 e. The molecule has 2 unspecified atom stereocenters. The van der Waals surface area contributed by atoms with Gasteiger partial charge in [-0.1, -0.05) is 24.6 Å². The monoisotopic (exact) mass is 250 g/mol. The van der Waals surface area contributed by atoms with Crippen LogP contribution in [0.1, 0.15) is 42.0 Å². The molecule has 94 valence electrons. The molecule has 0 spiro atoms. The number of aryl methyl sites for hydroxylation is 1. The average molecular weight is 250 g/mol. The zero-order valence-corrected chi connectivity index (χ0v) is 11.5. The van der Waals surface area contributed by atoms with Crippen LogP contribution < -0.4 is 11.3 Å². The van der Waals surface area contributed by atoms with Crippen LogP contribution in [-0.2, 0) is 0 Å². The number of thioether (sulfide) groups is 1. The molecular formula is C14H22N2S. The minimum atomic E-state index is 0.292. The molecule has 3 heteroatoms. The fourth-order valence-electron chi connectivity index (χ4n) is 2.54. The van der Waals surface area contributed by atoms with Crippen LogP contribution in [0.2, 0.25) is 0 Å². The summed E-state index contributed by atoms with van der Waals surface area (Å²) in [6, 6.07) is 6.80. The second-order valence-electron chi connectivity index (χ2n) is 4.84. The molecule has 3 N–H and O–H groups in total. The molecule has 1 aliphatic rings. The number of rotatable bonds is 3. The Kier molecular flexibility index (Phi) is 4.48. The summed E-state index contributed by atoms with van der Waals surface area (Å²) in [6.45, 7) is 4.36. The molecule has 1 saturated heterocycles. The first-order valence-corrected chi connectivity index (χ1v) is 7.42. The summed E-state index contributed by atoms with van der Waals surface area (Å²) in [5.41, 5.74) is 7.13. The highest BCUT2D eigenvalue weighted by Crippen LogP contribution is 2.35. The van der Waals surface area contributed by atoms with E-state index in [0.29, 0.717) is 11.3 Å². The molecule has 17 heavy (non-hydrogen) atoms. The topological polar surface area (TPSA) is 38.0 Å². The number of nitrogens with two attached hydrogens (primary N) is 1. The third-order valence-corrected chi connectivity index (χ3v) is 5.21. The van der Waals surface area contributed by atoms with Crippen LogP contribution >= 0.6 is 11.8 Å². The highest BCUT2D eigenvalue weighted by Gasteiger charge is 2.25. The summed E-state index contributed by atoms with van der Waals surface area (Å²) in [4.78, 5) is 0. The van der Waals surface area contributed by atoms with Crippen molar-refractivity contribution in [1.29, 1.82) is 0 Å². The number of hydrogen-bond donors (Lipinski definition) is 2. The van der Waals surface area contributed by atoms with Crippen molar-refractivity contribution in [1.82, 2.24) is 5.43 Å². The third kappa shape index (κ3) is 2.84. The van der Waals surface area contributed by atoms with E-state index in [2.05, 4.69) is 49.2 Å². The predicted molar refractivity (Wildman–Crippen MR) is 76.1 cm³/mol. The van der Waals surface area contributed by atoms with Gasteiger partial charge in [-0.15, -0.1) is 0 Å². The van der Waals surface area contributed by atoms with Gasteiger partial charge >= 0.3 is 0 Å². The number of hydrogen-bond acceptors (Lipinski definition) is 3. The van der Waals surface area contributed by atoms with Gasteiger partial charge in [0.25, 0.3) is 0 Å². The van der Waals surface area contributed by atoms with Crippen molar-refractivity contribution >= 4 is 11.8 Å². The van der Waals surface area contributed by atoms with Crippen LogP contribution in [0.5, 0.6) is 0 Å². The molecule has 2 atom stereocenters. The SMILES string of the molecule is Cc1cccc(C(NN)C2CCCCS2)c1C. The lowest BCUT2D eigenvalue weighted by Gasteiger charge is -2.30. The lowest BCUT2D eigenvalue weighted by molar-refractivity contribution is 0.490. The lowest BCUT2D eigenvalue weighted by Crippen LogP contribution is -2.36. The fourth-order valence-corrected chi connectivity index (χ4v) is 3.96. The summed E-state index contributed by atoms with van der Waals surface area (Å²) in [5, 5.41) is 0.620. The molecule has 2 rings (SSSR count). The first kappa shape index (κ1) is 12.9. The van der Waals surface area contributed by atoms with Gasteiger partial charge in [0, 0.05) is 5.25 Å². The Labute approximate surface area is 108 Å². The average Bonchev–Trinajstić information content (AvgIpc) is 2.37. The molecule has 0 aliphatic carbocycles. The highest BCUT2D eigenvalue weighted by molar-refractivity contribution is 8.00. The Morgan fingerprint density at radius 1 is 1.35 bits per heavy atom. The minimum Gasteiger partial charge on any atom is -0.271 e. The summed E-state index contributed by atoms with van der Waals surface area (Å²) in [5.74, 6) is 7.06. The van der Waals surface area contributed by atoms with E-state index in [1.807, 2.05) is 0 Å². The Morgan fingerprint density at radius 2 is 2.18 bits per heavy atom. The molecule has 0 aromatic heterocycles. The lowest BCUT2D eigenvalue weighted by atomic mass is 9.94. The van der Waals surface area contributed by atoms with Crippen molar-refractivity contribution in [3.63, 3.8) is 0 Å². The molecule has 0 saturated carbocycles. The fraction of sp³-hybridized carbons (Fsp3) is 0.571. The predicted octanol–water partition coefficient (Wildman–Crippen LogP) is 3.09. The highest BCUT2D eigenvalue weighted by atomic mass is 32.2. The van der Waals surface area contributed by atoms with Gasteiger partial charge in [-0.3, -0.25) is 11.3 Å². The van der Waals surface area contributed by atoms with Crippen molar-refractivity contribution in [2.75, 3.05) is 5.75 Å². The van der Waals surface area contributed by atoms with Gasteiger partial charge < -0.3 is 0 Å². The molecule has 2 nitrogen and oxygen atoms in total. The molecule has 1 aliphatic heterocycles. The van der Waals surface area contributed by atoms with E-state index in [-0.39, 0.29) is 0 Å². The summed E-state index contributed by atoms with van der Waals surface area (Å²) in [7, 11) is 0. The summed E-state index contributed by atoms with van der Waals surface area (Å²) >= 11 is 2.06. The van der Waals surface area contributed by atoms with Gasteiger partial charge in [0.2, 0.25) is 0 Å². The van der Waals surface area contributed by atoms with E-state index in [1.54, 1.807) is 0 Å². The van der Waals surface area contributed by atoms with E-state index in [0.717, 1.165) is 0 Å². The van der Waals surface area contributed by atoms with E-state index < -0.39 is 0 Å².